The number of nitrogens with two attached hydrogens (primary N) is 1. The highest BCUT2D eigenvalue weighted by atomic mass is 16.2. The van der Waals surface area contributed by atoms with Crippen molar-refractivity contribution in [3.8, 4) is 0 Å². The van der Waals surface area contributed by atoms with Gasteiger partial charge in [-0.15, -0.1) is 0 Å². The maximum absolute atomic E-state index is 12.8. The van der Waals surface area contributed by atoms with Crippen LogP contribution in [0.1, 0.15) is 64.7 Å². The Kier molecular flexibility index (Phi) is 3.33. The first-order chi connectivity index (χ1) is 10.0. The molecule has 21 heavy (non-hydrogen) atoms. The minimum Gasteiger partial charge on any atom is -0.350 e. The summed E-state index contributed by atoms with van der Waals surface area (Å²) in [5.74, 6) is 3.75. The van der Waals surface area contributed by atoms with E-state index in [4.69, 9.17) is 5.73 Å². The monoisotopic (exact) mass is 290 g/mol. The van der Waals surface area contributed by atoms with Crippen molar-refractivity contribution in [2.75, 3.05) is 0 Å². The lowest BCUT2D eigenvalue weighted by Gasteiger charge is -2.57. The molecule has 3 nitrogen and oxygen atoms in total. The second kappa shape index (κ2) is 4.97. The van der Waals surface area contributed by atoms with Gasteiger partial charge >= 0.3 is 0 Å². The number of nitrogens with one attached hydrogen (secondary N) is 1. The summed E-state index contributed by atoms with van der Waals surface area (Å²) >= 11 is 0. The second-order valence-corrected chi connectivity index (χ2v) is 8.84. The Balaban J connectivity index is 1.42. The van der Waals surface area contributed by atoms with Crippen LogP contribution in [0.2, 0.25) is 0 Å². The Hall–Kier alpha value is -0.570. The number of carbonyl (C=O) groups is 1. The van der Waals surface area contributed by atoms with Crippen LogP contribution in [0.3, 0.4) is 0 Å². The first-order valence-corrected chi connectivity index (χ1v) is 9.10. The van der Waals surface area contributed by atoms with Crippen molar-refractivity contribution >= 4 is 5.91 Å². The number of carbonyl (C=O) groups excluding carboxylic acids is 1. The summed E-state index contributed by atoms with van der Waals surface area (Å²) in [4.78, 5) is 12.8. The second-order valence-electron chi connectivity index (χ2n) is 8.84. The Morgan fingerprint density at radius 1 is 1.00 bits per heavy atom. The zero-order valence-electron chi connectivity index (χ0n) is 13.3. The molecule has 5 aliphatic carbocycles. The number of amides is 1. The van der Waals surface area contributed by atoms with E-state index in [0.29, 0.717) is 11.8 Å². The molecule has 3 atom stereocenters. The molecule has 0 heterocycles. The van der Waals surface area contributed by atoms with Gasteiger partial charge in [0.25, 0.3) is 0 Å². The van der Waals surface area contributed by atoms with Gasteiger partial charge in [-0.25, -0.2) is 0 Å². The maximum atomic E-state index is 12.8. The molecule has 0 aromatic heterocycles. The molecule has 3 unspecified atom stereocenters. The molecule has 5 saturated carbocycles. The van der Waals surface area contributed by atoms with E-state index in [2.05, 4.69) is 12.2 Å². The van der Waals surface area contributed by atoms with Crippen molar-refractivity contribution in [1.29, 1.82) is 0 Å². The van der Waals surface area contributed by atoms with Gasteiger partial charge in [0.1, 0.15) is 0 Å². The van der Waals surface area contributed by atoms with Crippen LogP contribution in [-0.4, -0.2) is 17.5 Å². The molecule has 4 bridgehead atoms. The van der Waals surface area contributed by atoms with E-state index in [1.54, 1.807) is 0 Å². The molecule has 0 aliphatic heterocycles. The highest BCUT2D eigenvalue weighted by Gasteiger charge is 2.51. The first kappa shape index (κ1) is 14.0. The predicted molar refractivity (Wildman–Crippen MR) is 83.5 cm³/mol. The smallest absolute Gasteiger partial charge is 0.223 e. The third-order valence-electron chi connectivity index (χ3n) is 7.06. The molecular weight excluding hydrogens is 260 g/mol. The van der Waals surface area contributed by atoms with Crippen molar-refractivity contribution in [3.63, 3.8) is 0 Å². The molecule has 5 rings (SSSR count). The fraction of sp³-hybridized carbons (Fsp3) is 0.944. The number of hydrogen-bond acceptors (Lipinski definition) is 2. The van der Waals surface area contributed by atoms with Crippen LogP contribution in [0.4, 0.5) is 0 Å². The molecule has 5 fully saturated rings. The van der Waals surface area contributed by atoms with Crippen molar-refractivity contribution in [3.05, 3.63) is 0 Å². The van der Waals surface area contributed by atoms with Gasteiger partial charge in [-0.1, -0.05) is 6.92 Å². The topological polar surface area (TPSA) is 55.1 Å². The van der Waals surface area contributed by atoms with E-state index in [0.717, 1.165) is 37.0 Å². The summed E-state index contributed by atoms with van der Waals surface area (Å²) in [7, 11) is 0. The molecule has 3 heteroatoms. The van der Waals surface area contributed by atoms with Crippen molar-refractivity contribution in [2.24, 2.45) is 35.3 Å². The van der Waals surface area contributed by atoms with Crippen molar-refractivity contribution in [2.45, 2.75) is 76.3 Å². The summed E-state index contributed by atoms with van der Waals surface area (Å²) in [6.07, 6.45) is 11.1. The lowest BCUT2D eigenvalue weighted by atomic mass is 9.53. The first-order valence-electron chi connectivity index (χ1n) is 9.10. The van der Waals surface area contributed by atoms with E-state index < -0.39 is 0 Å². The van der Waals surface area contributed by atoms with E-state index in [1.165, 1.54) is 38.5 Å². The summed E-state index contributed by atoms with van der Waals surface area (Å²) in [5, 5.41) is 3.54. The third kappa shape index (κ3) is 2.52. The molecule has 0 saturated heterocycles. The lowest BCUT2D eigenvalue weighted by Crippen LogP contribution is -2.61. The molecule has 0 aromatic rings. The molecule has 0 spiro atoms. The van der Waals surface area contributed by atoms with Gasteiger partial charge in [0.2, 0.25) is 5.91 Å². The molecule has 0 radical (unpaired) electrons. The Labute approximate surface area is 128 Å². The highest BCUT2D eigenvalue weighted by molar-refractivity contribution is 5.79. The van der Waals surface area contributed by atoms with Crippen LogP contribution in [0.25, 0.3) is 0 Å². The van der Waals surface area contributed by atoms with E-state index in [9.17, 15) is 4.79 Å². The van der Waals surface area contributed by atoms with Crippen LogP contribution in [0.15, 0.2) is 0 Å². The van der Waals surface area contributed by atoms with Crippen molar-refractivity contribution < 1.29 is 4.79 Å². The van der Waals surface area contributed by atoms with E-state index in [-0.39, 0.29) is 17.5 Å². The van der Waals surface area contributed by atoms with Crippen LogP contribution < -0.4 is 11.1 Å². The zero-order chi connectivity index (χ0) is 14.6. The normalized spacial score (nSPS) is 51.9. The zero-order valence-corrected chi connectivity index (χ0v) is 13.3. The number of rotatable bonds is 2. The Bertz CT molecular complexity index is 398. The average Bonchev–Trinajstić information content (AvgIpc) is 2.39. The van der Waals surface area contributed by atoms with Crippen LogP contribution in [0, 0.1) is 29.6 Å². The molecule has 118 valence electrons. The molecule has 5 aliphatic rings. The standard InChI is InChI=1S/C18H30N2O/c1-11-2-3-15(7-16(11)19)17(21)20-18-8-12-4-13(9-18)6-14(5-12)10-18/h11-16H,2-10,19H2,1H3,(H,20,21). The summed E-state index contributed by atoms with van der Waals surface area (Å²) in [5.41, 5.74) is 6.35. The fourth-order valence-electron chi connectivity index (χ4n) is 6.22. The SMILES string of the molecule is CC1CCC(C(=O)NC23CC4CC(CC(C4)C2)C3)CC1N. The minimum absolute atomic E-state index is 0.166. The Morgan fingerprint density at radius 2 is 1.57 bits per heavy atom. The fourth-order valence-corrected chi connectivity index (χ4v) is 6.22. The average molecular weight is 290 g/mol. The van der Waals surface area contributed by atoms with Gasteiger partial charge in [0, 0.05) is 17.5 Å². The molecule has 1 amide bonds. The summed E-state index contributed by atoms with van der Waals surface area (Å²) < 4.78 is 0. The van der Waals surface area contributed by atoms with Gasteiger partial charge < -0.3 is 11.1 Å². The summed E-state index contributed by atoms with van der Waals surface area (Å²) in [6, 6.07) is 0.214. The van der Waals surface area contributed by atoms with Gasteiger partial charge in [-0.2, -0.15) is 0 Å². The third-order valence-corrected chi connectivity index (χ3v) is 7.06. The minimum atomic E-state index is 0.166. The number of hydrogen-bond donors (Lipinski definition) is 2. The Morgan fingerprint density at radius 3 is 2.10 bits per heavy atom. The quantitative estimate of drug-likeness (QED) is 0.821. The molecular formula is C18H30N2O. The van der Waals surface area contributed by atoms with Crippen molar-refractivity contribution in [1.82, 2.24) is 5.32 Å². The largest absolute Gasteiger partial charge is 0.350 e. The highest BCUT2D eigenvalue weighted by Crippen LogP contribution is 2.55. The molecule has 0 aromatic carbocycles. The molecule has 3 N–H and O–H groups in total. The van der Waals surface area contributed by atoms with Gasteiger partial charge in [-0.05, 0) is 81.5 Å². The summed E-state index contributed by atoms with van der Waals surface area (Å²) in [6.45, 7) is 2.22. The lowest BCUT2D eigenvalue weighted by molar-refractivity contribution is -0.132. The van der Waals surface area contributed by atoms with Crippen LogP contribution >= 0.6 is 0 Å². The van der Waals surface area contributed by atoms with E-state index >= 15 is 0 Å². The van der Waals surface area contributed by atoms with Gasteiger partial charge in [-0.3, -0.25) is 4.79 Å². The van der Waals surface area contributed by atoms with Gasteiger partial charge in [0.05, 0.1) is 0 Å². The van der Waals surface area contributed by atoms with E-state index in [1.807, 2.05) is 0 Å². The van der Waals surface area contributed by atoms with Gasteiger partial charge in [0.15, 0.2) is 0 Å². The predicted octanol–water partition coefficient (Wildman–Crippen LogP) is 2.83. The van der Waals surface area contributed by atoms with Crippen LogP contribution in [0.5, 0.6) is 0 Å². The van der Waals surface area contributed by atoms with Crippen LogP contribution in [-0.2, 0) is 4.79 Å². The maximum Gasteiger partial charge on any atom is 0.223 e.